The summed E-state index contributed by atoms with van der Waals surface area (Å²) in [5.41, 5.74) is 4.63. The molecule has 0 aromatic carbocycles. The number of aliphatic hydroxyl groups is 1. The molecule has 1 unspecified atom stereocenters. The van der Waals surface area contributed by atoms with Gasteiger partial charge in [-0.1, -0.05) is 6.92 Å². The fraction of sp³-hybridized carbons (Fsp3) is 0.667. The van der Waals surface area contributed by atoms with Crippen LogP contribution in [0.25, 0.3) is 0 Å². The van der Waals surface area contributed by atoms with Gasteiger partial charge in [0.05, 0.1) is 6.10 Å². The summed E-state index contributed by atoms with van der Waals surface area (Å²) < 4.78 is 0. The van der Waals surface area contributed by atoms with Gasteiger partial charge in [-0.2, -0.15) is 0 Å². The van der Waals surface area contributed by atoms with E-state index in [1.165, 1.54) is 0 Å². The zero-order valence-corrected chi connectivity index (χ0v) is 6.33. The van der Waals surface area contributed by atoms with E-state index in [9.17, 15) is 9.59 Å². The lowest BCUT2D eigenvalue weighted by molar-refractivity contribution is -0.137. The summed E-state index contributed by atoms with van der Waals surface area (Å²) in [5, 5.41) is 11.1. The first-order valence-electron chi connectivity index (χ1n) is 3.33. The first kappa shape index (κ1) is 9.90. The van der Waals surface area contributed by atoms with Gasteiger partial charge in [0.2, 0.25) is 0 Å². The fourth-order valence-corrected chi connectivity index (χ4v) is 0.442. The number of carbonyl (C=O) groups is 2. The van der Waals surface area contributed by atoms with Crippen LogP contribution in [0.5, 0.6) is 0 Å². The Balaban J connectivity index is 3.54. The van der Waals surface area contributed by atoms with Gasteiger partial charge in [-0.25, -0.2) is 0 Å². The van der Waals surface area contributed by atoms with Crippen molar-refractivity contribution in [3.63, 3.8) is 0 Å². The molecule has 64 valence electrons. The van der Waals surface area contributed by atoms with Crippen molar-refractivity contribution in [2.24, 2.45) is 5.73 Å². The minimum atomic E-state index is -1.03. The quantitative estimate of drug-likeness (QED) is 0.432. The average molecular weight is 160 g/mol. The minimum absolute atomic E-state index is 0.0677. The summed E-state index contributed by atoms with van der Waals surface area (Å²) in [4.78, 5) is 20.6. The second kappa shape index (κ2) is 4.68. The van der Waals surface area contributed by atoms with E-state index in [1.807, 2.05) is 0 Å². The summed E-state index contributed by atoms with van der Waals surface area (Å²) in [6.07, 6.45) is -0.0859. The van der Waals surface area contributed by atoms with E-state index in [-0.39, 0.29) is 6.54 Å². The van der Waals surface area contributed by atoms with E-state index in [1.54, 1.807) is 6.92 Å². The summed E-state index contributed by atoms with van der Waals surface area (Å²) in [7, 11) is 0. The third-order valence-corrected chi connectivity index (χ3v) is 1.19. The van der Waals surface area contributed by atoms with Crippen molar-refractivity contribution in [3.8, 4) is 0 Å². The summed E-state index contributed by atoms with van der Waals surface area (Å²) in [6, 6.07) is 0. The highest BCUT2D eigenvalue weighted by Crippen LogP contribution is 1.85. The van der Waals surface area contributed by atoms with Gasteiger partial charge in [0.1, 0.15) is 0 Å². The van der Waals surface area contributed by atoms with E-state index in [0.29, 0.717) is 6.42 Å². The van der Waals surface area contributed by atoms with Crippen molar-refractivity contribution in [1.82, 2.24) is 5.32 Å². The zero-order chi connectivity index (χ0) is 8.85. The Kier molecular flexibility index (Phi) is 4.21. The maximum Gasteiger partial charge on any atom is 0.309 e. The molecule has 0 fully saturated rings. The second-order valence-electron chi connectivity index (χ2n) is 2.14. The molecule has 5 heteroatoms. The summed E-state index contributed by atoms with van der Waals surface area (Å²) >= 11 is 0. The normalized spacial score (nSPS) is 12.2. The van der Waals surface area contributed by atoms with Gasteiger partial charge in [-0.3, -0.25) is 9.59 Å². The van der Waals surface area contributed by atoms with Crippen molar-refractivity contribution in [1.29, 1.82) is 0 Å². The van der Waals surface area contributed by atoms with Crippen LogP contribution < -0.4 is 11.1 Å². The van der Waals surface area contributed by atoms with E-state index in [0.717, 1.165) is 0 Å². The lowest BCUT2D eigenvalue weighted by Gasteiger charge is -2.06. The molecule has 0 aromatic rings. The van der Waals surface area contributed by atoms with E-state index >= 15 is 0 Å². The molecule has 0 saturated heterocycles. The standard InChI is InChI=1S/C6H12N2O3/c1-2-4(9)3-8-6(11)5(7)10/h4,9H,2-3H2,1H3,(H2,7,10)(H,8,11). The molecule has 0 aliphatic rings. The summed E-state index contributed by atoms with van der Waals surface area (Å²) in [5.74, 6) is -1.90. The van der Waals surface area contributed by atoms with E-state index in [4.69, 9.17) is 5.11 Å². The van der Waals surface area contributed by atoms with Crippen molar-refractivity contribution in [2.45, 2.75) is 19.4 Å². The van der Waals surface area contributed by atoms with Gasteiger partial charge in [0.25, 0.3) is 0 Å². The van der Waals surface area contributed by atoms with Gasteiger partial charge in [-0.15, -0.1) is 0 Å². The third kappa shape index (κ3) is 4.32. The highest BCUT2D eigenvalue weighted by molar-refractivity contribution is 6.34. The van der Waals surface area contributed by atoms with Crippen molar-refractivity contribution >= 4 is 11.8 Å². The molecular weight excluding hydrogens is 148 g/mol. The first-order chi connectivity index (χ1) is 5.07. The van der Waals surface area contributed by atoms with Gasteiger partial charge < -0.3 is 16.2 Å². The van der Waals surface area contributed by atoms with Crippen LogP contribution in [-0.4, -0.2) is 29.6 Å². The molecular formula is C6H12N2O3. The molecule has 0 bridgehead atoms. The molecule has 11 heavy (non-hydrogen) atoms. The lowest BCUT2D eigenvalue weighted by atomic mass is 10.3. The highest BCUT2D eigenvalue weighted by Gasteiger charge is 2.09. The first-order valence-corrected chi connectivity index (χ1v) is 3.33. The molecule has 0 heterocycles. The number of primary amides is 1. The maximum atomic E-state index is 10.5. The number of nitrogens with two attached hydrogens (primary N) is 1. The molecule has 0 rings (SSSR count). The van der Waals surface area contributed by atoms with Crippen LogP contribution in [0.4, 0.5) is 0 Å². The number of amides is 2. The van der Waals surface area contributed by atoms with Gasteiger partial charge in [-0.05, 0) is 6.42 Å². The van der Waals surface area contributed by atoms with Crippen LogP contribution in [-0.2, 0) is 9.59 Å². The molecule has 0 spiro atoms. The monoisotopic (exact) mass is 160 g/mol. The van der Waals surface area contributed by atoms with Crippen LogP contribution in [0.1, 0.15) is 13.3 Å². The van der Waals surface area contributed by atoms with Crippen LogP contribution in [0.15, 0.2) is 0 Å². The Morgan fingerprint density at radius 2 is 2.18 bits per heavy atom. The largest absolute Gasteiger partial charge is 0.391 e. The number of hydrogen-bond acceptors (Lipinski definition) is 3. The minimum Gasteiger partial charge on any atom is -0.391 e. The smallest absolute Gasteiger partial charge is 0.309 e. The molecule has 0 saturated carbocycles. The van der Waals surface area contributed by atoms with Crippen LogP contribution in [0, 0.1) is 0 Å². The van der Waals surface area contributed by atoms with Crippen LogP contribution >= 0.6 is 0 Å². The van der Waals surface area contributed by atoms with Crippen molar-refractivity contribution in [3.05, 3.63) is 0 Å². The number of hydrogen-bond donors (Lipinski definition) is 3. The summed E-state index contributed by atoms with van der Waals surface area (Å²) in [6.45, 7) is 1.83. The van der Waals surface area contributed by atoms with Gasteiger partial charge in [0, 0.05) is 6.54 Å². The molecule has 2 amide bonds. The van der Waals surface area contributed by atoms with E-state index < -0.39 is 17.9 Å². The molecule has 5 nitrogen and oxygen atoms in total. The van der Waals surface area contributed by atoms with Crippen molar-refractivity contribution < 1.29 is 14.7 Å². The molecule has 0 radical (unpaired) electrons. The molecule has 0 aliphatic carbocycles. The third-order valence-electron chi connectivity index (χ3n) is 1.19. The Morgan fingerprint density at radius 1 is 1.64 bits per heavy atom. The predicted molar refractivity (Wildman–Crippen MR) is 38.5 cm³/mol. The Labute approximate surface area is 64.6 Å². The lowest BCUT2D eigenvalue weighted by Crippen LogP contribution is -2.39. The Hall–Kier alpha value is -1.10. The van der Waals surface area contributed by atoms with Crippen LogP contribution in [0.3, 0.4) is 0 Å². The van der Waals surface area contributed by atoms with Gasteiger partial charge >= 0.3 is 11.8 Å². The SMILES string of the molecule is CCC(O)CNC(=O)C(N)=O. The number of carbonyl (C=O) groups excluding carboxylic acids is 2. The molecule has 4 N–H and O–H groups in total. The zero-order valence-electron chi connectivity index (χ0n) is 6.33. The highest BCUT2D eigenvalue weighted by atomic mass is 16.3. The number of nitrogens with one attached hydrogen (secondary N) is 1. The second-order valence-corrected chi connectivity index (χ2v) is 2.14. The number of rotatable bonds is 3. The van der Waals surface area contributed by atoms with Crippen molar-refractivity contribution in [2.75, 3.05) is 6.54 Å². The molecule has 1 atom stereocenters. The fourth-order valence-electron chi connectivity index (χ4n) is 0.442. The van der Waals surface area contributed by atoms with E-state index in [2.05, 4.69) is 11.1 Å². The Bertz CT molecular complexity index is 158. The maximum absolute atomic E-state index is 10.5. The van der Waals surface area contributed by atoms with Gasteiger partial charge in [0.15, 0.2) is 0 Å². The topological polar surface area (TPSA) is 92.4 Å². The number of aliphatic hydroxyl groups excluding tert-OH is 1. The average Bonchev–Trinajstić information content (AvgIpc) is 1.99. The Morgan fingerprint density at radius 3 is 2.55 bits per heavy atom. The molecule has 0 aliphatic heterocycles. The predicted octanol–water partition coefficient (Wildman–Crippen LogP) is -1.64. The van der Waals surface area contributed by atoms with Crippen LogP contribution in [0.2, 0.25) is 0 Å². The molecule has 0 aromatic heterocycles.